The number of rotatable bonds is 7. The lowest BCUT2D eigenvalue weighted by atomic mass is 10.0. The van der Waals surface area contributed by atoms with E-state index in [4.69, 9.17) is 4.74 Å². The average Bonchev–Trinajstić information content (AvgIpc) is 2.87. The zero-order chi connectivity index (χ0) is 24.8. The molecule has 35 heavy (non-hydrogen) atoms. The molecule has 1 amide bonds. The van der Waals surface area contributed by atoms with Gasteiger partial charge in [0.25, 0.3) is 11.5 Å². The lowest BCUT2D eigenvalue weighted by Gasteiger charge is -2.16. The molecular formula is C27H24N4O4. The Morgan fingerprint density at radius 1 is 1.00 bits per heavy atom. The van der Waals surface area contributed by atoms with Gasteiger partial charge in [0.1, 0.15) is 5.69 Å². The van der Waals surface area contributed by atoms with E-state index in [0.717, 1.165) is 11.1 Å². The van der Waals surface area contributed by atoms with Crippen LogP contribution in [0.2, 0.25) is 0 Å². The van der Waals surface area contributed by atoms with E-state index >= 15 is 0 Å². The fourth-order valence-electron chi connectivity index (χ4n) is 3.58. The van der Waals surface area contributed by atoms with Crippen LogP contribution in [0.3, 0.4) is 0 Å². The molecule has 0 bridgehead atoms. The van der Waals surface area contributed by atoms with Gasteiger partial charge in [-0.2, -0.15) is 0 Å². The Kier molecular flexibility index (Phi) is 7.11. The number of ether oxygens (including phenoxy) is 1. The molecule has 8 heteroatoms. The molecule has 2 N–H and O–H groups in total. The number of carbonyl (C=O) groups excluding carboxylic acids is 2. The number of hydrogen-bond acceptors (Lipinski definition) is 6. The topological polar surface area (TPSA) is 114 Å². The van der Waals surface area contributed by atoms with Crippen molar-refractivity contribution in [2.45, 2.75) is 26.4 Å². The zero-order valence-electron chi connectivity index (χ0n) is 19.3. The summed E-state index contributed by atoms with van der Waals surface area (Å²) in [5.41, 5.74) is 3.03. The highest BCUT2D eigenvalue weighted by molar-refractivity contribution is 5.98. The highest BCUT2D eigenvalue weighted by atomic mass is 16.5. The fraction of sp³-hybridized carbons (Fsp3) is 0.148. The van der Waals surface area contributed by atoms with Crippen molar-refractivity contribution in [1.82, 2.24) is 15.0 Å². The van der Waals surface area contributed by atoms with Crippen LogP contribution in [0.4, 0.5) is 5.69 Å². The van der Waals surface area contributed by atoms with Gasteiger partial charge in [0.05, 0.1) is 6.42 Å². The van der Waals surface area contributed by atoms with Crippen molar-refractivity contribution in [1.29, 1.82) is 0 Å². The van der Waals surface area contributed by atoms with Crippen LogP contribution in [0, 0.1) is 6.92 Å². The van der Waals surface area contributed by atoms with Gasteiger partial charge in [-0.15, -0.1) is 0 Å². The van der Waals surface area contributed by atoms with Gasteiger partial charge in [0, 0.05) is 28.7 Å². The number of carbonyl (C=O) groups is 2. The van der Waals surface area contributed by atoms with Crippen molar-refractivity contribution in [3.63, 3.8) is 0 Å². The van der Waals surface area contributed by atoms with Gasteiger partial charge in [0.15, 0.2) is 11.9 Å². The second-order valence-corrected chi connectivity index (χ2v) is 7.90. The maximum absolute atomic E-state index is 12.7. The summed E-state index contributed by atoms with van der Waals surface area (Å²) < 4.78 is 5.31. The molecule has 0 aliphatic heterocycles. The first-order valence-electron chi connectivity index (χ1n) is 11.1. The van der Waals surface area contributed by atoms with E-state index in [2.05, 4.69) is 20.3 Å². The number of aromatic amines is 1. The third-order valence-electron chi connectivity index (χ3n) is 5.40. The highest BCUT2D eigenvalue weighted by Gasteiger charge is 2.21. The van der Waals surface area contributed by atoms with Crippen molar-refractivity contribution < 1.29 is 14.3 Å². The summed E-state index contributed by atoms with van der Waals surface area (Å²) in [5.74, 6) is -0.865. The van der Waals surface area contributed by atoms with E-state index in [9.17, 15) is 14.4 Å². The quantitative estimate of drug-likeness (QED) is 0.398. The molecule has 2 aromatic carbocycles. The Labute approximate surface area is 202 Å². The monoisotopic (exact) mass is 468 g/mol. The molecule has 0 saturated heterocycles. The molecule has 8 nitrogen and oxygen atoms in total. The number of esters is 1. The predicted octanol–water partition coefficient (Wildman–Crippen LogP) is 3.92. The van der Waals surface area contributed by atoms with E-state index < -0.39 is 23.5 Å². The smallest absolute Gasteiger partial charge is 0.311 e. The van der Waals surface area contributed by atoms with Gasteiger partial charge in [-0.25, -0.2) is 4.98 Å². The molecule has 0 radical (unpaired) electrons. The number of hydrogen-bond donors (Lipinski definition) is 2. The summed E-state index contributed by atoms with van der Waals surface area (Å²) in [5, 5.41) is 2.82. The second kappa shape index (κ2) is 10.6. The highest BCUT2D eigenvalue weighted by Crippen LogP contribution is 2.27. The van der Waals surface area contributed by atoms with E-state index in [0.29, 0.717) is 22.9 Å². The molecular weight excluding hydrogens is 444 g/mol. The Morgan fingerprint density at radius 2 is 1.71 bits per heavy atom. The van der Waals surface area contributed by atoms with Crippen LogP contribution in [0.5, 0.6) is 0 Å². The van der Waals surface area contributed by atoms with Crippen LogP contribution in [-0.2, 0) is 20.7 Å². The SMILES string of the molecule is Cc1nc(-c2ccccn2)[nH]c(=O)c1CC(=O)O[C@H](C)C(=O)Nc1ccccc1-c1ccccc1. The molecule has 2 aromatic heterocycles. The second-order valence-electron chi connectivity index (χ2n) is 7.90. The molecule has 0 aliphatic carbocycles. The molecule has 0 saturated carbocycles. The van der Waals surface area contributed by atoms with Crippen LogP contribution in [0.25, 0.3) is 22.6 Å². The lowest BCUT2D eigenvalue weighted by Crippen LogP contribution is -2.31. The van der Waals surface area contributed by atoms with E-state index in [1.165, 1.54) is 6.92 Å². The number of para-hydroxylation sites is 1. The van der Waals surface area contributed by atoms with Crippen molar-refractivity contribution in [3.8, 4) is 22.6 Å². The van der Waals surface area contributed by atoms with Crippen LogP contribution in [0.1, 0.15) is 18.2 Å². The molecule has 0 spiro atoms. The minimum Gasteiger partial charge on any atom is -0.452 e. The van der Waals surface area contributed by atoms with Crippen molar-refractivity contribution in [3.05, 3.63) is 101 Å². The van der Waals surface area contributed by atoms with E-state index in [1.54, 1.807) is 37.4 Å². The molecule has 2 heterocycles. The molecule has 4 rings (SSSR count). The van der Waals surface area contributed by atoms with Crippen LogP contribution in [0.15, 0.2) is 83.8 Å². The lowest BCUT2D eigenvalue weighted by molar-refractivity contribution is -0.152. The van der Waals surface area contributed by atoms with Crippen molar-refractivity contribution in [2.24, 2.45) is 0 Å². The number of nitrogens with zero attached hydrogens (tertiary/aromatic N) is 2. The normalized spacial score (nSPS) is 11.5. The summed E-state index contributed by atoms with van der Waals surface area (Å²) in [6.45, 7) is 3.12. The summed E-state index contributed by atoms with van der Waals surface area (Å²) in [6, 6.07) is 22.3. The minimum absolute atomic E-state index is 0.178. The predicted molar refractivity (Wildman–Crippen MR) is 133 cm³/mol. The number of amides is 1. The zero-order valence-corrected chi connectivity index (χ0v) is 19.3. The van der Waals surface area contributed by atoms with Crippen LogP contribution in [-0.4, -0.2) is 32.9 Å². The van der Waals surface area contributed by atoms with Gasteiger partial charge in [-0.3, -0.25) is 19.4 Å². The minimum atomic E-state index is -1.06. The number of benzene rings is 2. The van der Waals surface area contributed by atoms with Gasteiger partial charge >= 0.3 is 5.97 Å². The molecule has 4 aromatic rings. The Hall–Kier alpha value is -4.59. The molecule has 176 valence electrons. The number of H-pyrrole nitrogens is 1. The van der Waals surface area contributed by atoms with Crippen molar-refractivity contribution >= 4 is 17.6 Å². The van der Waals surface area contributed by atoms with Crippen LogP contribution >= 0.6 is 0 Å². The number of aromatic nitrogens is 3. The Balaban J connectivity index is 1.42. The summed E-state index contributed by atoms with van der Waals surface area (Å²) in [6.07, 6.45) is 0.224. The number of anilines is 1. The van der Waals surface area contributed by atoms with E-state index in [-0.39, 0.29) is 12.0 Å². The number of aryl methyl sites for hydroxylation is 1. The summed E-state index contributed by atoms with van der Waals surface area (Å²) >= 11 is 0. The number of nitrogens with one attached hydrogen (secondary N) is 2. The molecule has 1 atom stereocenters. The third kappa shape index (κ3) is 5.67. The van der Waals surface area contributed by atoms with Gasteiger partial charge < -0.3 is 15.0 Å². The van der Waals surface area contributed by atoms with Gasteiger partial charge in [-0.1, -0.05) is 54.6 Å². The summed E-state index contributed by atoms with van der Waals surface area (Å²) in [4.78, 5) is 49.1. The largest absolute Gasteiger partial charge is 0.452 e. The molecule has 0 unspecified atom stereocenters. The first-order chi connectivity index (χ1) is 16.9. The maximum Gasteiger partial charge on any atom is 0.311 e. The molecule has 0 aliphatic rings. The Bertz CT molecular complexity index is 1400. The van der Waals surface area contributed by atoms with Crippen molar-refractivity contribution in [2.75, 3.05) is 5.32 Å². The van der Waals surface area contributed by atoms with Gasteiger partial charge in [-0.05, 0) is 37.6 Å². The first-order valence-corrected chi connectivity index (χ1v) is 11.1. The fourth-order valence-corrected chi connectivity index (χ4v) is 3.58. The average molecular weight is 469 g/mol. The van der Waals surface area contributed by atoms with Gasteiger partial charge in [0.2, 0.25) is 0 Å². The first kappa shape index (κ1) is 23.6. The molecule has 0 fully saturated rings. The maximum atomic E-state index is 12.7. The van der Waals surface area contributed by atoms with E-state index in [1.807, 2.05) is 48.5 Å². The number of pyridine rings is 1. The standard InChI is InChI=1S/C27H24N4O4/c1-17-21(27(34)31-25(29-17)23-14-8-9-15-28-23)16-24(32)35-18(2)26(33)30-22-13-7-6-12-20(22)19-10-4-3-5-11-19/h3-15,18H,16H2,1-2H3,(H,30,33)(H,29,31,34)/t18-/m1/s1. The van der Waals surface area contributed by atoms with Crippen LogP contribution < -0.4 is 10.9 Å². The third-order valence-corrected chi connectivity index (χ3v) is 5.40. The Morgan fingerprint density at radius 3 is 2.43 bits per heavy atom. The summed E-state index contributed by atoms with van der Waals surface area (Å²) in [7, 11) is 0.